The predicted octanol–water partition coefficient (Wildman–Crippen LogP) is 2.82. The zero-order valence-electron chi connectivity index (χ0n) is 14.5. The van der Waals surface area contributed by atoms with Crippen LogP contribution in [-0.2, 0) is 11.8 Å². The molecule has 2 N–H and O–H groups in total. The average Bonchev–Trinajstić information content (AvgIpc) is 3.45. The molecule has 1 aliphatic carbocycles. The second-order valence-electron chi connectivity index (χ2n) is 6.60. The number of hydrogen-bond acceptors (Lipinski definition) is 3. The van der Waals surface area contributed by atoms with E-state index in [2.05, 4.69) is 15.2 Å². The Morgan fingerprint density at radius 1 is 1.15 bits per heavy atom. The van der Waals surface area contributed by atoms with Gasteiger partial charge in [0.05, 0.1) is 17.6 Å². The largest absolute Gasteiger partial charge is 0.343 e. The standard InChI is InChI=1S/C20H20N4O2/c1-24-17-10-9-15(11-16(17)23-19(24)13-7-8-13)22-18(25)12-21-20(26)14-5-3-2-4-6-14/h2-6,9-11,13H,7-8,12H2,1H3,(H,21,26)(H,22,25). The SMILES string of the molecule is Cn1c(C2CC2)nc2cc(NC(=O)CNC(=O)c3ccccc3)ccc21. The lowest BCUT2D eigenvalue weighted by Gasteiger charge is -2.07. The summed E-state index contributed by atoms with van der Waals surface area (Å²) < 4.78 is 2.12. The molecule has 0 radical (unpaired) electrons. The summed E-state index contributed by atoms with van der Waals surface area (Å²) in [6, 6.07) is 14.5. The van der Waals surface area contributed by atoms with E-state index in [-0.39, 0.29) is 18.4 Å². The highest BCUT2D eigenvalue weighted by Gasteiger charge is 2.28. The van der Waals surface area contributed by atoms with Crippen molar-refractivity contribution in [3.63, 3.8) is 0 Å². The zero-order chi connectivity index (χ0) is 18.1. The van der Waals surface area contributed by atoms with Crippen LogP contribution in [0.3, 0.4) is 0 Å². The van der Waals surface area contributed by atoms with Gasteiger partial charge in [-0.2, -0.15) is 0 Å². The van der Waals surface area contributed by atoms with E-state index >= 15 is 0 Å². The molecule has 1 heterocycles. The molecule has 2 amide bonds. The lowest BCUT2D eigenvalue weighted by atomic mass is 10.2. The molecule has 0 bridgehead atoms. The fraction of sp³-hybridized carbons (Fsp3) is 0.250. The monoisotopic (exact) mass is 348 g/mol. The van der Waals surface area contributed by atoms with Gasteiger partial charge in [-0.1, -0.05) is 18.2 Å². The molecule has 6 nitrogen and oxygen atoms in total. The summed E-state index contributed by atoms with van der Waals surface area (Å²) in [6.07, 6.45) is 2.39. The van der Waals surface area contributed by atoms with Crippen LogP contribution in [-0.4, -0.2) is 27.9 Å². The fourth-order valence-electron chi connectivity index (χ4n) is 3.06. The maximum atomic E-state index is 12.1. The van der Waals surface area contributed by atoms with E-state index < -0.39 is 0 Å². The Labute approximate surface area is 151 Å². The van der Waals surface area contributed by atoms with Gasteiger partial charge in [-0.3, -0.25) is 9.59 Å². The quantitative estimate of drug-likeness (QED) is 0.744. The Kier molecular flexibility index (Phi) is 4.16. The topological polar surface area (TPSA) is 76.0 Å². The van der Waals surface area contributed by atoms with Gasteiger partial charge in [0.15, 0.2) is 0 Å². The van der Waals surface area contributed by atoms with Gasteiger partial charge in [-0.05, 0) is 43.2 Å². The van der Waals surface area contributed by atoms with Crippen LogP contribution >= 0.6 is 0 Å². The Morgan fingerprint density at radius 2 is 1.92 bits per heavy atom. The molecular weight excluding hydrogens is 328 g/mol. The van der Waals surface area contributed by atoms with E-state index in [1.807, 2.05) is 31.3 Å². The molecule has 4 rings (SSSR count). The minimum absolute atomic E-state index is 0.0820. The Morgan fingerprint density at radius 3 is 2.65 bits per heavy atom. The first-order valence-corrected chi connectivity index (χ1v) is 8.71. The van der Waals surface area contributed by atoms with Crippen LogP contribution in [0.25, 0.3) is 11.0 Å². The van der Waals surface area contributed by atoms with Crippen molar-refractivity contribution in [2.45, 2.75) is 18.8 Å². The number of fused-ring (bicyclic) bond motifs is 1. The smallest absolute Gasteiger partial charge is 0.251 e. The number of nitrogens with one attached hydrogen (secondary N) is 2. The van der Waals surface area contributed by atoms with Crippen LogP contribution in [0.4, 0.5) is 5.69 Å². The molecule has 0 atom stereocenters. The number of nitrogens with zero attached hydrogens (tertiary/aromatic N) is 2. The van der Waals surface area contributed by atoms with Gasteiger partial charge in [0.2, 0.25) is 5.91 Å². The summed E-state index contributed by atoms with van der Waals surface area (Å²) in [4.78, 5) is 28.8. The average molecular weight is 348 g/mol. The zero-order valence-corrected chi connectivity index (χ0v) is 14.5. The normalized spacial score (nSPS) is 13.6. The number of aromatic nitrogens is 2. The summed E-state index contributed by atoms with van der Waals surface area (Å²) in [7, 11) is 2.03. The van der Waals surface area contributed by atoms with Crippen molar-refractivity contribution in [3.05, 3.63) is 59.9 Å². The number of amides is 2. The molecule has 0 saturated heterocycles. The summed E-state index contributed by atoms with van der Waals surface area (Å²) in [5, 5.41) is 5.43. The van der Waals surface area contributed by atoms with E-state index in [0.717, 1.165) is 16.9 Å². The number of hydrogen-bond donors (Lipinski definition) is 2. The summed E-state index contributed by atoms with van der Waals surface area (Å²) in [5.41, 5.74) is 3.14. The number of benzene rings is 2. The molecule has 0 spiro atoms. The maximum Gasteiger partial charge on any atom is 0.251 e. The molecule has 132 valence electrons. The Bertz CT molecular complexity index is 974. The molecule has 1 aliphatic rings. The van der Waals surface area contributed by atoms with Crippen LogP contribution in [0.1, 0.15) is 34.9 Å². The van der Waals surface area contributed by atoms with Gasteiger partial charge in [0.25, 0.3) is 5.91 Å². The minimum Gasteiger partial charge on any atom is -0.343 e. The van der Waals surface area contributed by atoms with E-state index in [1.54, 1.807) is 24.3 Å². The summed E-state index contributed by atoms with van der Waals surface area (Å²) in [5.74, 6) is 1.14. The van der Waals surface area contributed by atoms with Gasteiger partial charge in [-0.15, -0.1) is 0 Å². The highest BCUT2D eigenvalue weighted by Crippen LogP contribution is 2.40. The molecule has 0 aliphatic heterocycles. The highest BCUT2D eigenvalue weighted by atomic mass is 16.2. The van der Waals surface area contributed by atoms with Crippen LogP contribution < -0.4 is 10.6 Å². The molecule has 26 heavy (non-hydrogen) atoms. The Balaban J connectivity index is 1.40. The first-order valence-electron chi connectivity index (χ1n) is 8.71. The number of rotatable bonds is 5. The molecule has 3 aromatic rings. The van der Waals surface area contributed by atoms with Crippen molar-refractivity contribution in [1.29, 1.82) is 0 Å². The van der Waals surface area contributed by atoms with Crippen LogP contribution in [0.15, 0.2) is 48.5 Å². The number of carbonyl (C=O) groups is 2. The third-order valence-electron chi connectivity index (χ3n) is 4.59. The Hall–Kier alpha value is -3.15. The number of carbonyl (C=O) groups excluding carboxylic acids is 2. The molecule has 1 fully saturated rings. The molecule has 6 heteroatoms. The predicted molar refractivity (Wildman–Crippen MR) is 100 cm³/mol. The van der Waals surface area contributed by atoms with E-state index in [4.69, 9.17) is 4.98 Å². The van der Waals surface area contributed by atoms with Crippen LogP contribution in [0.2, 0.25) is 0 Å². The van der Waals surface area contributed by atoms with E-state index in [0.29, 0.717) is 17.2 Å². The molecule has 1 saturated carbocycles. The van der Waals surface area contributed by atoms with Gasteiger partial charge in [0, 0.05) is 24.2 Å². The first-order chi connectivity index (χ1) is 12.6. The second-order valence-corrected chi connectivity index (χ2v) is 6.60. The van der Waals surface area contributed by atoms with Gasteiger partial charge in [0.1, 0.15) is 5.82 Å². The van der Waals surface area contributed by atoms with Gasteiger partial charge < -0.3 is 15.2 Å². The maximum absolute atomic E-state index is 12.1. The van der Waals surface area contributed by atoms with Crippen molar-refractivity contribution in [1.82, 2.24) is 14.9 Å². The summed E-state index contributed by atoms with van der Waals surface area (Å²) in [6.45, 7) is -0.0820. The first kappa shape index (κ1) is 16.3. The molecule has 2 aromatic carbocycles. The molecule has 1 aromatic heterocycles. The fourth-order valence-corrected chi connectivity index (χ4v) is 3.06. The van der Waals surface area contributed by atoms with Crippen molar-refractivity contribution < 1.29 is 9.59 Å². The number of aryl methyl sites for hydroxylation is 1. The minimum atomic E-state index is -0.271. The molecular formula is C20H20N4O2. The van der Waals surface area contributed by atoms with Crippen LogP contribution in [0.5, 0.6) is 0 Å². The number of anilines is 1. The van der Waals surface area contributed by atoms with E-state index in [9.17, 15) is 9.59 Å². The van der Waals surface area contributed by atoms with E-state index in [1.165, 1.54) is 12.8 Å². The van der Waals surface area contributed by atoms with Gasteiger partial charge in [-0.25, -0.2) is 4.98 Å². The third kappa shape index (κ3) is 3.31. The third-order valence-corrected chi connectivity index (χ3v) is 4.59. The van der Waals surface area contributed by atoms with Crippen LogP contribution in [0, 0.1) is 0 Å². The van der Waals surface area contributed by atoms with Crippen molar-refractivity contribution in [3.8, 4) is 0 Å². The van der Waals surface area contributed by atoms with Crippen molar-refractivity contribution in [2.75, 3.05) is 11.9 Å². The lowest BCUT2D eigenvalue weighted by molar-refractivity contribution is -0.115. The summed E-state index contributed by atoms with van der Waals surface area (Å²) >= 11 is 0. The molecule has 0 unspecified atom stereocenters. The van der Waals surface area contributed by atoms with Gasteiger partial charge >= 0.3 is 0 Å². The lowest BCUT2D eigenvalue weighted by Crippen LogP contribution is -2.32. The van der Waals surface area contributed by atoms with Crippen molar-refractivity contribution >= 4 is 28.5 Å². The number of imidazole rings is 1. The van der Waals surface area contributed by atoms with Crippen molar-refractivity contribution in [2.24, 2.45) is 7.05 Å². The highest BCUT2D eigenvalue weighted by molar-refractivity contribution is 5.99. The second kappa shape index (κ2) is 6.63.